The van der Waals surface area contributed by atoms with Gasteiger partial charge < -0.3 is 15.9 Å². The van der Waals surface area contributed by atoms with E-state index in [-0.39, 0.29) is 0 Å². The van der Waals surface area contributed by atoms with E-state index in [0.29, 0.717) is 12.1 Å². The fourth-order valence-electron chi connectivity index (χ4n) is 1.63. The largest absolute Gasteiger partial charge is 0.505 e. The van der Waals surface area contributed by atoms with E-state index in [1.807, 2.05) is 0 Å². The summed E-state index contributed by atoms with van der Waals surface area (Å²) in [6.07, 6.45) is -4.77. The molecule has 0 saturated carbocycles. The lowest BCUT2D eigenvalue weighted by atomic mass is 9.79. The number of phenols is 1. The molecule has 1 aromatic carbocycles. The van der Waals surface area contributed by atoms with E-state index in [2.05, 4.69) is 0 Å². The number of aliphatic hydroxyl groups excluding tert-OH is 1. The fourth-order valence-corrected chi connectivity index (χ4v) is 1.63. The molecule has 0 bridgehead atoms. The summed E-state index contributed by atoms with van der Waals surface area (Å²) in [6, 6.07) is -0.317. The first kappa shape index (κ1) is 15.7. The molecular formula is C12H15F4NO2. The molecule has 4 N–H and O–H groups in total. The average Bonchev–Trinajstić information content (AvgIpc) is 2.30. The van der Waals surface area contributed by atoms with E-state index in [9.17, 15) is 22.7 Å². The van der Waals surface area contributed by atoms with Crippen LogP contribution in [0.3, 0.4) is 0 Å². The Bertz CT molecular complexity index is 472. The van der Waals surface area contributed by atoms with Crippen molar-refractivity contribution < 1.29 is 27.8 Å². The van der Waals surface area contributed by atoms with Crippen LogP contribution in [0.15, 0.2) is 12.1 Å². The summed E-state index contributed by atoms with van der Waals surface area (Å²) in [4.78, 5) is 0. The SMILES string of the molecule is CC(C)(CO)[C@H](N)c1c(C(F)(F)F)ccc(F)c1O. The second-order valence-electron chi connectivity index (χ2n) is 4.98. The van der Waals surface area contributed by atoms with Gasteiger partial charge in [-0.1, -0.05) is 13.8 Å². The number of aromatic hydroxyl groups is 1. The van der Waals surface area contributed by atoms with Gasteiger partial charge in [0.25, 0.3) is 0 Å². The highest BCUT2D eigenvalue weighted by atomic mass is 19.4. The van der Waals surface area contributed by atoms with Crippen molar-refractivity contribution in [1.82, 2.24) is 0 Å². The van der Waals surface area contributed by atoms with E-state index in [0.717, 1.165) is 0 Å². The lowest BCUT2D eigenvalue weighted by Gasteiger charge is -2.32. The minimum absolute atomic E-state index is 0.512. The van der Waals surface area contributed by atoms with Crippen molar-refractivity contribution in [1.29, 1.82) is 0 Å². The highest BCUT2D eigenvalue weighted by Crippen LogP contribution is 2.44. The Morgan fingerprint density at radius 2 is 1.79 bits per heavy atom. The Morgan fingerprint density at radius 1 is 1.26 bits per heavy atom. The molecule has 1 atom stereocenters. The Labute approximate surface area is 107 Å². The lowest BCUT2D eigenvalue weighted by molar-refractivity contribution is -0.138. The van der Waals surface area contributed by atoms with Crippen LogP contribution in [0, 0.1) is 11.2 Å². The van der Waals surface area contributed by atoms with E-state index < -0.39 is 46.9 Å². The smallest absolute Gasteiger partial charge is 0.416 e. The van der Waals surface area contributed by atoms with Gasteiger partial charge in [0.15, 0.2) is 11.6 Å². The first-order valence-corrected chi connectivity index (χ1v) is 5.47. The van der Waals surface area contributed by atoms with Crippen molar-refractivity contribution >= 4 is 0 Å². The van der Waals surface area contributed by atoms with Crippen LogP contribution in [-0.4, -0.2) is 16.8 Å². The number of hydrogen-bond acceptors (Lipinski definition) is 3. The van der Waals surface area contributed by atoms with Crippen molar-refractivity contribution in [3.63, 3.8) is 0 Å². The number of halogens is 4. The van der Waals surface area contributed by atoms with Gasteiger partial charge in [-0.25, -0.2) is 4.39 Å². The Morgan fingerprint density at radius 3 is 2.21 bits per heavy atom. The number of phenolic OH excluding ortho intramolecular Hbond substituents is 1. The first-order chi connectivity index (χ1) is 8.52. The molecule has 0 heterocycles. The molecule has 1 aromatic rings. The summed E-state index contributed by atoms with van der Waals surface area (Å²) >= 11 is 0. The van der Waals surface area contributed by atoms with Crippen LogP contribution >= 0.6 is 0 Å². The molecule has 7 heteroatoms. The van der Waals surface area contributed by atoms with Gasteiger partial charge in [0.05, 0.1) is 5.56 Å². The number of hydrogen-bond donors (Lipinski definition) is 3. The van der Waals surface area contributed by atoms with Gasteiger partial charge in [-0.3, -0.25) is 0 Å². The topological polar surface area (TPSA) is 66.5 Å². The molecule has 108 valence electrons. The third kappa shape index (κ3) is 2.98. The average molecular weight is 281 g/mol. The molecule has 0 fully saturated rings. The maximum Gasteiger partial charge on any atom is 0.416 e. The quantitative estimate of drug-likeness (QED) is 0.746. The molecule has 0 spiro atoms. The van der Waals surface area contributed by atoms with E-state index >= 15 is 0 Å². The van der Waals surface area contributed by atoms with Gasteiger partial charge in [0.1, 0.15) is 0 Å². The molecule has 3 nitrogen and oxygen atoms in total. The Balaban J connectivity index is 3.52. The van der Waals surface area contributed by atoms with Crippen LogP contribution < -0.4 is 5.73 Å². The number of benzene rings is 1. The zero-order valence-corrected chi connectivity index (χ0v) is 10.4. The third-order valence-corrected chi connectivity index (χ3v) is 3.03. The molecule has 0 aliphatic carbocycles. The summed E-state index contributed by atoms with van der Waals surface area (Å²) in [7, 11) is 0. The van der Waals surface area contributed by atoms with Crippen LogP contribution in [-0.2, 0) is 6.18 Å². The minimum Gasteiger partial charge on any atom is -0.505 e. The van der Waals surface area contributed by atoms with Crippen molar-refractivity contribution in [2.45, 2.75) is 26.1 Å². The van der Waals surface area contributed by atoms with Gasteiger partial charge >= 0.3 is 6.18 Å². The molecule has 0 aliphatic rings. The molecule has 0 radical (unpaired) electrons. The number of alkyl halides is 3. The van der Waals surface area contributed by atoms with Crippen molar-refractivity contribution in [3.05, 3.63) is 29.1 Å². The van der Waals surface area contributed by atoms with Gasteiger partial charge in [0.2, 0.25) is 0 Å². The lowest BCUT2D eigenvalue weighted by Crippen LogP contribution is -2.34. The fraction of sp³-hybridized carbons (Fsp3) is 0.500. The Kier molecular flexibility index (Phi) is 4.11. The van der Waals surface area contributed by atoms with Crippen molar-refractivity contribution in [2.75, 3.05) is 6.61 Å². The first-order valence-electron chi connectivity index (χ1n) is 5.47. The maximum absolute atomic E-state index is 13.3. The van der Waals surface area contributed by atoms with Gasteiger partial charge in [-0.2, -0.15) is 13.2 Å². The molecule has 0 aliphatic heterocycles. The van der Waals surface area contributed by atoms with Crippen LogP contribution in [0.25, 0.3) is 0 Å². The number of rotatable bonds is 3. The summed E-state index contributed by atoms with van der Waals surface area (Å²) in [5.74, 6) is -2.32. The summed E-state index contributed by atoms with van der Waals surface area (Å²) in [5.41, 5.74) is 2.56. The highest BCUT2D eigenvalue weighted by Gasteiger charge is 2.40. The van der Waals surface area contributed by atoms with Crippen LogP contribution in [0.5, 0.6) is 5.75 Å². The summed E-state index contributed by atoms with van der Waals surface area (Å²) in [6.45, 7) is 2.33. The Hall–Kier alpha value is -1.34. The van der Waals surface area contributed by atoms with Crippen LogP contribution in [0.2, 0.25) is 0 Å². The molecule has 0 saturated heterocycles. The summed E-state index contributed by atoms with van der Waals surface area (Å²) < 4.78 is 51.8. The van der Waals surface area contributed by atoms with E-state index in [4.69, 9.17) is 10.8 Å². The number of aliphatic hydroxyl groups is 1. The van der Waals surface area contributed by atoms with Crippen molar-refractivity contribution in [2.24, 2.45) is 11.1 Å². The van der Waals surface area contributed by atoms with Gasteiger partial charge in [0, 0.05) is 23.6 Å². The van der Waals surface area contributed by atoms with Crippen molar-refractivity contribution in [3.8, 4) is 5.75 Å². The standard InChI is InChI=1S/C12H15F4NO2/c1-11(2,5-18)10(17)8-6(12(14,15)16)3-4-7(13)9(8)19/h3-4,10,18-19H,5,17H2,1-2H3/t10-/m1/s1. The van der Waals surface area contributed by atoms with Crippen LogP contribution in [0.1, 0.15) is 31.0 Å². The second kappa shape index (κ2) is 4.97. The zero-order chi connectivity index (χ0) is 15.0. The zero-order valence-electron chi connectivity index (χ0n) is 10.4. The summed E-state index contributed by atoms with van der Waals surface area (Å²) in [5, 5.41) is 18.7. The second-order valence-corrected chi connectivity index (χ2v) is 4.98. The molecule has 1 rings (SSSR count). The van der Waals surface area contributed by atoms with Gasteiger partial charge in [-0.15, -0.1) is 0 Å². The predicted molar refractivity (Wildman–Crippen MR) is 60.9 cm³/mol. The molecule has 0 amide bonds. The van der Waals surface area contributed by atoms with Crippen LogP contribution in [0.4, 0.5) is 17.6 Å². The number of nitrogens with two attached hydrogens (primary N) is 1. The third-order valence-electron chi connectivity index (χ3n) is 3.03. The van der Waals surface area contributed by atoms with E-state index in [1.165, 1.54) is 13.8 Å². The normalized spacial score (nSPS) is 14.5. The molecule has 0 unspecified atom stereocenters. The highest BCUT2D eigenvalue weighted by molar-refractivity contribution is 5.45. The molecule has 19 heavy (non-hydrogen) atoms. The maximum atomic E-state index is 13.3. The van der Waals surface area contributed by atoms with E-state index in [1.54, 1.807) is 0 Å². The van der Waals surface area contributed by atoms with Gasteiger partial charge in [-0.05, 0) is 12.1 Å². The monoisotopic (exact) mass is 281 g/mol. The predicted octanol–water partition coefficient (Wildman–Crippen LogP) is 2.57. The molecule has 0 aromatic heterocycles. The minimum atomic E-state index is -4.77. The molecular weight excluding hydrogens is 266 g/mol.